The highest BCUT2D eigenvalue weighted by Gasteiger charge is 2.69. The highest BCUT2D eigenvalue weighted by atomic mass is 19.4. The Bertz CT molecular complexity index is 748. The van der Waals surface area contributed by atoms with Crippen molar-refractivity contribution >= 4 is 11.6 Å². The van der Waals surface area contributed by atoms with Crippen LogP contribution in [0.3, 0.4) is 0 Å². The zero-order valence-electron chi connectivity index (χ0n) is 15.6. The molecule has 0 unspecified atom stereocenters. The molecule has 148 valence electrons. The second-order valence-corrected chi connectivity index (χ2v) is 8.04. The number of pyridine rings is 1. The van der Waals surface area contributed by atoms with Crippen LogP contribution in [0.5, 0.6) is 0 Å². The number of halogens is 3. The lowest BCUT2D eigenvalue weighted by Crippen LogP contribution is -2.62. The van der Waals surface area contributed by atoms with Crippen LogP contribution in [0.1, 0.15) is 56.8 Å². The molecule has 1 aromatic heterocycles. The number of aliphatic hydroxyl groups is 1. The van der Waals surface area contributed by atoms with Gasteiger partial charge in [-0.15, -0.1) is 0 Å². The number of aromatic nitrogens is 1. The quantitative estimate of drug-likeness (QED) is 0.858. The second-order valence-electron chi connectivity index (χ2n) is 8.04. The summed E-state index contributed by atoms with van der Waals surface area (Å²) in [6.45, 7) is 6.06. The summed E-state index contributed by atoms with van der Waals surface area (Å²) >= 11 is 0. The van der Waals surface area contributed by atoms with Gasteiger partial charge in [0.2, 0.25) is 0 Å². The monoisotopic (exact) mass is 383 g/mol. The van der Waals surface area contributed by atoms with Crippen molar-refractivity contribution in [3.05, 3.63) is 30.1 Å². The first-order valence-electron chi connectivity index (χ1n) is 9.13. The number of hydrogen-bond acceptors (Lipinski definition) is 4. The normalized spacial score (nSPS) is 28.7. The molecule has 2 heterocycles. The number of amides is 1. The lowest BCUT2D eigenvalue weighted by atomic mass is 9.64. The van der Waals surface area contributed by atoms with E-state index in [0.717, 1.165) is 6.42 Å². The molecule has 8 heteroatoms. The zero-order valence-corrected chi connectivity index (χ0v) is 15.6. The molecule has 3 atom stereocenters. The fourth-order valence-corrected chi connectivity index (χ4v) is 4.03. The molecule has 0 spiro atoms. The second kappa shape index (κ2) is 6.58. The van der Waals surface area contributed by atoms with Crippen molar-refractivity contribution in [2.75, 3.05) is 0 Å². The molecule has 3 rings (SSSR count). The van der Waals surface area contributed by atoms with Crippen LogP contribution in [0.2, 0.25) is 0 Å². The number of rotatable bonds is 3. The molecule has 27 heavy (non-hydrogen) atoms. The Morgan fingerprint density at radius 1 is 1.41 bits per heavy atom. The molecule has 0 aromatic carbocycles. The smallest absolute Gasteiger partial charge is 0.362 e. The summed E-state index contributed by atoms with van der Waals surface area (Å²) in [7, 11) is 0. The van der Waals surface area contributed by atoms with Gasteiger partial charge >= 0.3 is 6.18 Å². The zero-order chi connectivity index (χ0) is 20.0. The van der Waals surface area contributed by atoms with Crippen LogP contribution in [-0.4, -0.2) is 38.6 Å². The third-order valence-electron chi connectivity index (χ3n) is 6.24. The summed E-state index contributed by atoms with van der Waals surface area (Å²) in [6, 6.07) is 2.81. The number of alkyl halides is 3. The third kappa shape index (κ3) is 3.13. The lowest BCUT2D eigenvalue weighted by Gasteiger charge is -2.43. The summed E-state index contributed by atoms with van der Waals surface area (Å²) in [5.41, 5.74) is -3.29. The molecule has 0 saturated heterocycles. The van der Waals surface area contributed by atoms with Gasteiger partial charge in [0.25, 0.3) is 11.6 Å². The third-order valence-corrected chi connectivity index (χ3v) is 6.24. The van der Waals surface area contributed by atoms with Crippen molar-refractivity contribution in [1.82, 2.24) is 9.99 Å². The van der Waals surface area contributed by atoms with E-state index in [-0.39, 0.29) is 34.0 Å². The fraction of sp³-hybridized carbons (Fsp3) is 0.632. The van der Waals surface area contributed by atoms with E-state index < -0.39 is 23.7 Å². The predicted octanol–water partition coefficient (Wildman–Crippen LogP) is 4.00. The van der Waals surface area contributed by atoms with Crippen LogP contribution >= 0.6 is 0 Å². The van der Waals surface area contributed by atoms with Gasteiger partial charge in [-0.3, -0.25) is 9.78 Å². The first-order chi connectivity index (χ1) is 12.5. The Hall–Kier alpha value is -1.96. The molecular weight excluding hydrogens is 359 g/mol. The van der Waals surface area contributed by atoms with E-state index in [2.05, 4.69) is 10.1 Å². The summed E-state index contributed by atoms with van der Waals surface area (Å²) in [5.74, 6) is -2.24. The maximum atomic E-state index is 14.0. The Labute approximate surface area is 156 Å². The molecule has 1 amide bonds. The Kier molecular flexibility index (Phi) is 4.82. The van der Waals surface area contributed by atoms with Gasteiger partial charge in [0.1, 0.15) is 0 Å². The molecule has 1 saturated carbocycles. The number of fused-ring (bicyclic) bond motifs is 1. The van der Waals surface area contributed by atoms with E-state index >= 15 is 0 Å². The molecule has 1 aromatic rings. The fourth-order valence-electron chi connectivity index (χ4n) is 4.03. The van der Waals surface area contributed by atoms with Crippen LogP contribution in [-0.2, 0) is 0 Å². The number of nitrogens with zero attached hydrogens (tertiary/aromatic N) is 3. The maximum Gasteiger partial charge on any atom is 0.439 e. The van der Waals surface area contributed by atoms with E-state index in [1.165, 1.54) is 24.5 Å². The molecule has 1 aliphatic heterocycles. The van der Waals surface area contributed by atoms with Crippen LogP contribution in [0.25, 0.3) is 0 Å². The molecule has 5 nitrogen and oxygen atoms in total. The van der Waals surface area contributed by atoms with Crippen molar-refractivity contribution < 1.29 is 23.1 Å². The maximum absolute atomic E-state index is 14.0. The molecule has 1 N–H and O–H groups in total. The average Bonchev–Trinajstić information content (AvgIpc) is 2.95. The minimum atomic E-state index is -5.03. The Balaban J connectivity index is 2.00. The summed E-state index contributed by atoms with van der Waals surface area (Å²) in [4.78, 5) is 16.5. The largest absolute Gasteiger partial charge is 0.439 e. The van der Waals surface area contributed by atoms with Gasteiger partial charge in [0, 0.05) is 18.1 Å². The van der Waals surface area contributed by atoms with Gasteiger partial charge in [-0.05, 0) is 42.7 Å². The van der Waals surface area contributed by atoms with E-state index in [4.69, 9.17) is 0 Å². The van der Waals surface area contributed by atoms with E-state index in [1.807, 2.05) is 20.8 Å². The number of carbonyl (C=O) groups excluding carboxylic acids is 1. The van der Waals surface area contributed by atoms with Gasteiger partial charge in [0.15, 0.2) is 0 Å². The predicted molar refractivity (Wildman–Crippen MR) is 93.7 cm³/mol. The molecule has 1 fully saturated rings. The van der Waals surface area contributed by atoms with Gasteiger partial charge in [-0.1, -0.05) is 27.2 Å². The van der Waals surface area contributed by atoms with Crippen molar-refractivity contribution in [2.45, 2.75) is 58.4 Å². The van der Waals surface area contributed by atoms with Gasteiger partial charge in [-0.25, -0.2) is 0 Å². The molecule has 2 aliphatic rings. The summed E-state index contributed by atoms with van der Waals surface area (Å²) in [6.07, 6.45) is -0.442. The highest BCUT2D eigenvalue weighted by Crippen LogP contribution is 2.52. The van der Waals surface area contributed by atoms with Gasteiger partial charge < -0.3 is 5.11 Å². The Morgan fingerprint density at radius 2 is 2.11 bits per heavy atom. The van der Waals surface area contributed by atoms with Crippen LogP contribution in [0, 0.1) is 17.3 Å². The summed E-state index contributed by atoms with van der Waals surface area (Å²) in [5, 5.41) is 15.0. The van der Waals surface area contributed by atoms with Crippen molar-refractivity contribution in [3.63, 3.8) is 0 Å². The minimum Gasteiger partial charge on any atom is -0.362 e. The SMILES string of the molecule is CCC(C)(C)[C@@H]1CCC2=NN(C(=O)c3cccnc3)[C@](O)(C(F)(F)F)[C@H]2C1. The van der Waals surface area contributed by atoms with E-state index in [1.54, 1.807) is 0 Å². The van der Waals surface area contributed by atoms with Crippen LogP contribution < -0.4 is 0 Å². The van der Waals surface area contributed by atoms with Crippen molar-refractivity contribution in [2.24, 2.45) is 22.4 Å². The van der Waals surface area contributed by atoms with Gasteiger partial charge in [0.05, 0.1) is 11.5 Å². The molecular formula is C19H24F3N3O2. The molecule has 0 radical (unpaired) electrons. The number of hydrazone groups is 1. The Morgan fingerprint density at radius 3 is 2.67 bits per heavy atom. The van der Waals surface area contributed by atoms with E-state index in [9.17, 15) is 23.1 Å². The molecule has 0 bridgehead atoms. The standard InChI is InChI=1S/C19H24F3N3O2/c1-4-17(2,3)13-7-8-15-14(10-13)18(27,19(20,21)22)25(24-15)16(26)12-6-5-9-23-11-12/h5-6,9,11,13-14,27H,4,7-8,10H2,1-3H3/t13-,14+,18-/m1/s1. The number of hydrogen-bond donors (Lipinski definition) is 1. The van der Waals surface area contributed by atoms with E-state index in [0.29, 0.717) is 12.8 Å². The first kappa shape index (κ1) is 19.8. The highest BCUT2D eigenvalue weighted by molar-refractivity contribution is 5.99. The molecule has 1 aliphatic carbocycles. The number of carbonyl (C=O) groups is 1. The average molecular weight is 383 g/mol. The van der Waals surface area contributed by atoms with Crippen molar-refractivity contribution in [1.29, 1.82) is 0 Å². The first-order valence-corrected chi connectivity index (χ1v) is 9.13. The van der Waals surface area contributed by atoms with Crippen LogP contribution in [0.15, 0.2) is 29.6 Å². The minimum absolute atomic E-state index is 0.00812. The lowest BCUT2D eigenvalue weighted by molar-refractivity contribution is -0.314. The summed E-state index contributed by atoms with van der Waals surface area (Å²) < 4.78 is 42.0. The van der Waals surface area contributed by atoms with Crippen LogP contribution in [0.4, 0.5) is 13.2 Å². The van der Waals surface area contributed by atoms with Gasteiger partial charge in [-0.2, -0.15) is 23.3 Å². The topological polar surface area (TPSA) is 65.8 Å². The van der Waals surface area contributed by atoms with Crippen molar-refractivity contribution in [3.8, 4) is 0 Å².